The van der Waals surface area contributed by atoms with E-state index in [1.165, 1.54) is 10.4 Å². The van der Waals surface area contributed by atoms with Crippen molar-refractivity contribution in [2.24, 2.45) is 17.8 Å². The van der Waals surface area contributed by atoms with Crippen molar-refractivity contribution >= 4 is 32.8 Å². The molecule has 1 N–H and O–H groups in total. The molecule has 3 rings (SSSR count). The summed E-state index contributed by atoms with van der Waals surface area (Å²) in [4.78, 5) is 14.1. The van der Waals surface area contributed by atoms with Crippen LogP contribution in [0.2, 0.25) is 23.2 Å². The van der Waals surface area contributed by atoms with Gasteiger partial charge < -0.3 is 23.4 Å². The van der Waals surface area contributed by atoms with E-state index >= 15 is 0 Å². The number of hydrogen-bond acceptors (Lipinski definition) is 6. The van der Waals surface area contributed by atoms with Gasteiger partial charge in [-0.05, 0) is 69.7 Å². The lowest BCUT2D eigenvalue weighted by atomic mass is 9.86. The molecular weight excluding hydrogens is 669 g/mol. The van der Waals surface area contributed by atoms with Crippen LogP contribution in [0.1, 0.15) is 67.9 Å². The Bertz CT molecular complexity index is 1490. The third kappa shape index (κ3) is 11.1. The van der Waals surface area contributed by atoms with Gasteiger partial charge in [0.25, 0.3) is 8.32 Å². The van der Waals surface area contributed by atoms with Gasteiger partial charge in [-0.25, -0.2) is 0 Å². The molecule has 280 valence electrons. The maximum Gasteiger partial charge on any atom is 0.261 e. The highest BCUT2D eigenvalue weighted by molar-refractivity contribution is 6.99. The van der Waals surface area contributed by atoms with Gasteiger partial charge in [0.2, 0.25) is 0 Å². The lowest BCUT2D eigenvalue weighted by molar-refractivity contribution is -0.132. The minimum absolute atomic E-state index is 0.0105. The Morgan fingerprint density at radius 2 is 1.29 bits per heavy atom. The fourth-order valence-corrected chi connectivity index (χ4v) is 12.0. The van der Waals surface area contributed by atoms with Crippen LogP contribution in [-0.4, -0.2) is 60.6 Å². The third-order valence-electron chi connectivity index (χ3n) is 10.5. The highest BCUT2D eigenvalue weighted by Crippen LogP contribution is 2.38. The Kier molecular flexibility index (Phi) is 15.2. The van der Waals surface area contributed by atoms with Gasteiger partial charge in [0, 0.05) is 19.1 Å². The number of Topliss-reactive ketones (excluding diaryl/α,β-unsaturated/α-hetero) is 1. The number of aliphatic hydroxyl groups excluding tert-OH is 1. The van der Waals surface area contributed by atoms with E-state index in [9.17, 15) is 9.90 Å². The zero-order valence-corrected chi connectivity index (χ0v) is 35.3. The molecule has 0 aliphatic heterocycles. The highest BCUT2D eigenvalue weighted by atomic mass is 28.4. The van der Waals surface area contributed by atoms with E-state index in [4.69, 9.17) is 18.3 Å². The number of ketones is 1. The van der Waals surface area contributed by atoms with E-state index in [-0.39, 0.29) is 35.0 Å². The Morgan fingerprint density at radius 1 is 0.765 bits per heavy atom. The maximum absolute atomic E-state index is 14.1. The monoisotopic (exact) mass is 732 g/mol. The second kappa shape index (κ2) is 18.3. The third-order valence-corrected chi connectivity index (χ3v) is 20.0. The molecule has 0 bridgehead atoms. The molecule has 0 saturated heterocycles. The van der Waals surface area contributed by atoms with Crippen molar-refractivity contribution in [3.63, 3.8) is 0 Å². The van der Waals surface area contributed by atoms with Crippen LogP contribution in [0.3, 0.4) is 0 Å². The van der Waals surface area contributed by atoms with Gasteiger partial charge in [0.05, 0.1) is 32.3 Å². The molecule has 0 aliphatic carbocycles. The van der Waals surface area contributed by atoms with Gasteiger partial charge >= 0.3 is 0 Å². The van der Waals surface area contributed by atoms with Crippen molar-refractivity contribution in [1.82, 2.24) is 0 Å². The van der Waals surface area contributed by atoms with Crippen molar-refractivity contribution < 1.29 is 28.2 Å². The topological polar surface area (TPSA) is 74.2 Å². The van der Waals surface area contributed by atoms with Gasteiger partial charge in [0.1, 0.15) is 11.5 Å². The summed E-state index contributed by atoms with van der Waals surface area (Å²) in [5, 5.41) is 14.2. The molecule has 0 aromatic heterocycles. The summed E-state index contributed by atoms with van der Waals surface area (Å²) >= 11 is 0. The molecule has 0 aliphatic rings. The summed E-state index contributed by atoms with van der Waals surface area (Å²) < 4.78 is 25.0. The number of carbonyl (C=O) groups excluding carboxylic acids is 1. The van der Waals surface area contributed by atoms with Crippen LogP contribution >= 0.6 is 0 Å². The maximum atomic E-state index is 14.1. The van der Waals surface area contributed by atoms with E-state index in [2.05, 4.69) is 116 Å². The van der Waals surface area contributed by atoms with Crippen LogP contribution in [0, 0.1) is 17.8 Å². The number of carbonyl (C=O) groups is 1. The molecule has 0 heterocycles. The summed E-state index contributed by atoms with van der Waals surface area (Å²) in [7, 11) is -3.27. The van der Waals surface area contributed by atoms with Crippen molar-refractivity contribution in [3.05, 3.63) is 102 Å². The van der Waals surface area contributed by atoms with Gasteiger partial charge in [-0.15, -0.1) is 0 Å². The number of aliphatic hydroxyl groups is 1. The highest BCUT2D eigenvalue weighted by Gasteiger charge is 2.50. The van der Waals surface area contributed by atoms with E-state index in [1.807, 2.05) is 50.2 Å². The Balaban J connectivity index is 1.83. The summed E-state index contributed by atoms with van der Waals surface area (Å²) in [6.07, 6.45) is 1.07. The molecular formula is C43H64O6Si2. The van der Waals surface area contributed by atoms with Crippen molar-refractivity contribution in [2.45, 2.75) is 98.2 Å². The average molecular weight is 733 g/mol. The Hall–Kier alpha value is -2.86. The van der Waals surface area contributed by atoms with Crippen LogP contribution < -0.4 is 15.1 Å². The summed E-state index contributed by atoms with van der Waals surface area (Å²) in [6.45, 7) is 24.9. The molecule has 0 unspecified atom stereocenters. The standard InChI is InChI=1S/C43H64O6Si2/c1-32(28-49-51(43(7,8)9,37-19-15-13-16-20-37)38-21-17-14-18-22-38)27-33(2)40(44)39(31-48-50(11,12)42(4,5)6)41(45)34(3)29-47-30-35-23-25-36(46-10)26-24-35/h13-27,32,34,39-40,44H,28-31H2,1-12H3/b33-27+/t32-,34-,39+,40+/m1/s1. The largest absolute Gasteiger partial charge is 0.497 e. The number of hydrogen-bond donors (Lipinski definition) is 1. The predicted octanol–water partition coefficient (Wildman–Crippen LogP) is 8.57. The molecule has 6 nitrogen and oxygen atoms in total. The van der Waals surface area contributed by atoms with Crippen LogP contribution in [-0.2, 0) is 25.0 Å². The second-order valence-electron chi connectivity index (χ2n) is 16.7. The minimum atomic E-state index is -2.72. The molecule has 51 heavy (non-hydrogen) atoms. The van der Waals surface area contributed by atoms with E-state index in [0.717, 1.165) is 16.9 Å². The molecule has 0 radical (unpaired) electrons. The minimum Gasteiger partial charge on any atom is -0.497 e. The first-order chi connectivity index (χ1) is 23.8. The van der Waals surface area contributed by atoms with Gasteiger partial charge in [0.15, 0.2) is 8.32 Å². The van der Waals surface area contributed by atoms with Crippen LogP contribution in [0.4, 0.5) is 0 Å². The molecule has 0 amide bonds. The lowest BCUT2D eigenvalue weighted by Gasteiger charge is -2.43. The molecule has 3 aromatic rings. The number of ether oxygens (including phenoxy) is 2. The van der Waals surface area contributed by atoms with Crippen LogP contribution in [0.25, 0.3) is 0 Å². The average Bonchev–Trinajstić information content (AvgIpc) is 3.08. The fourth-order valence-electron chi connectivity index (χ4n) is 6.30. The molecule has 8 heteroatoms. The SMILES string of the molecule is COc1ccc(COC[C@@H](C)C(=O)[C@@H](CO[Si](C)(C)C(C)(C)C)[C@@H](O)/C(C)=C/[C@@H](C)CO[Si](c2ccccc2)(c2ccccc2)C(C)(C)C)cc1. The number of methoxy groups -OCH3 is 1. The Labute approximate surface area is 310 Å². The molecule has 0 spiro atoms. The zero-order chi connectivity index (χ0) is 38.0. The molecule has 0 fully saturated rings. The second-order valence-corrected chi connectivity index (χ2v) is 25.8. The van der Waals surface area contributed by atoms with Gasteiger partial charge in [-0.2, -0.15) is 0 Å². The van der Waals surface area contributed by atoms with E-state index in [1.54, 1.807) is 7.11 Å². The van der Waals surface area contributed by atoms with Crippen molar-refractivity contribution in [3.8, 4) is 5.75 Å². The number of rotatable bonds is 18. The zero-order valence-electron chi connectivity index (χ0n) is 33.3. The van der Waals surface area contributed by atoms with Gasteiger partial charge in [-0.3, -0.25) is 4.79 Å². The quantitative estimate of drug-likeness (QED) is 0.104. The van der Waals surface area contributed by atoms with Gasteiger partial charge in [-0.1, -0.05) is 134 Å². The summed E-state index contributed by atoms with van der Waals surface area (Å²) in [6, 6.07) is 28.9. The summed E-state index contributed by atoms with van der Waals surface area (Å²) in [5.74, 6) is -0.425. The van der Waals surface area contributed by atoms with Crippen molar-refractivity contribution in [1.29, 1.82) is 0 Å². The first kappa shape index (κ1) is 42.6. The smallest absolute Gasteiger partial charge is 0.261 e. The predicted molar refractivity (Wildman–Crippen MR) is 216 cm³/mol. The van der Waals surface area contributed by atoms with E-state index < -0.39 is 34.6 Å². The number of benzene rings is 3. The lowest BCUT2D eigenvalue weighted by Crippen LogP contribution is -2.66. The van der Waals surface area contributed by atoms with Crippen LogP contribution in [0.15, 0.2) is 96.6 Å². The Morgan fingerprint density at radius 3 is 1.76 bits per heavy atom. The molecule has 3 aromatic carbocycles. The first-order valence-electron chi connectivity index (χ1n) is 18.3. The summed E-state index contributed by atoms with van der Waals surface area (Å²) in [5.41, 5.74) is 1.75. The molecule has 4 atom stereocenters. The molecule has 0 saturated carbocycles. The van der Waals surface area contributed by atoms with Crippen molar-refractivity contribution in [2.75, 3.05) is 26.9 Å². The van der Waals surface area contributed by atoms with E-state index in [0.29, 0.717) is 13.2 Å². The fraction of sp³-hybridized carbons (Fsp3) is 0.512. The first-order valence-corrected chi connectivity index (χ1v) is 23.2. The normalized spacial score (nSPS) is 15.6. The van der Waals surface area contributed by atoms with Crippen LogP contribution in [0.5, 0.6) is 5.75 Å².